The van der Waals surface area contributed by atoms with E-state index in [1.54, 1.807) is 12.1 Å². The van der Waals surface area contributed by atoms with Crippen molar-refractivity contribution in [1.82, 2.24) is 9.21 Å². The van der Waals surface area contributed by atoms with E-state index in [9.17, 15) is 18.0 Å². The number of nitrogens with zero attached hydrogens (tertiary/aromatic N) is 2. The number of ether oxygens (including phenoxy) is 2. The largest absolute Gasteiger partial charge is 0.494 e. The molecule has 0 aromatic heterocycles. The van der Waals surface area contributed by atoms with Crippen LogP contribution in [0.1, 0.15) is 6.42 Å². The molecule has 130 valence electrons. The van der Waals surface area contributed by atoms with Crippen LogP contribution < -0.4 is 4.74 Å². The third kappa shape index (κ3) is 3.51. The molecule has 1 aromatic carbocycles. The molecule has 2 aliphatic rings. The summed E-state index contributed by atoms with van der Waals surface area (Å²) in [6, 6.07) is 8.75. The van der Waals surface area contributed by atoms with Crippen LogP contribution in [0.3, 0.4) is 0 Å². The molecular weight excluding hydrogens is 336 g/mol. The number of imide groups is 1. The van der Waals surface area contributed by atoms with Crippen LogP contribution in [0.5, 0.6) is 5.75 Å². The molecule has 2 heterocycles. The van der Waals surface area contributed by atoms with Gasteiger partial charge in [0.1, 0.15) is 5.75 Å². The zero-order valence-corrected chi connectivity index (χ0v) is 13.8. The first-order valence-corrected chi connectivity index (χ1v) is 9.23. The standard InChI is InChI=1S/C15H18N2O6S/c18-14-11-23-15(19)17(14)12-9-16(10-12)24(20,21)8-4-7-22-13-5-2-1-3-6-13/h1-3,5-6,12H,4,7-11H2. The van der Waals surface area contributed by atoms with Gasteiger partial charge >= 0.3 is 6.09 Å². The zero-order valence-electron chi connectivity index (χ0n) is 13.0. The quantitative estimate of drug-likeness (QED) is 0.660. The SMILES string of the molecule is O=C1COC(=O)N1C1CN(S(=O)(=O)CCCOc2ccccc2)C1. The van der Waals surface area contributed by atoms with Crippen LogP contribution in [0.15, 0.2) is 30.3 Å². The van der Waals surface area contributed by atoms with Crippen molar-refractivity contribution >= 4 is 22.0 Å². The van der Waals surface area contributed by atoms with Gasteiger partial charge in [0.25, 0.3) is 5.91 Å². The normalized spacial score (nSPS) is 19.2. The minimum Gasteiger partial charge on any atom is -0.494 e. The molecule has 0 unspecified atom stereocenters. The van der Waals surface area contributed by atoms with E-state index >= 15 is 0 Å². The van der Waals surface area contributed by atoms with Crippen LogP contribution in [0.2, 0.25) is 0 Å². The summed E-state index contributed by atoms with van der Waals surface area (Å²) < 4.78 is 35.8. The van der Waals surface area contributed by atoms with Gasteiger partial charge in [-0.1, -0.05) is 18.2 Å². The maximum atomic E-state index is 12.2. The van der Waals surface area contributed by atoms with Crippen LogP contribution >= 0.6 is 0 Å². The van der Waals surface area contributed by atoms with Gasteiger partial charge in [0.2, 0.25) is 10.0 Å². The van der Waals surface area contributed by atoms with Crippen LogP contribution in [-0.2, 0) is 19.6 Å². The van der Waals surface area contributed by atoms with Crippen molar-refractivity contribution in [1.29, 1.82) is 0 Å². The smallest absolute Gasteiger partial charge is 0.417 e. The molecule has 0 spiro atoms. The second kappa shape index (κ2) is 6.78. The van der Waals surface area contributed by atoms with E-state index in [1.807, 2.05) is 18.2 Å². The van der Waals surface area contributed by atoms with E-state index in [2.05, 4.69) is 4.74 Å². The number of benzene rings is 1. The molecule has 0 saturated carbocycles. The summed E-state index contributed by atoms with van der Waals surface area (Å²) in [5.41, 5.74) is 0. The fourth-order valence-corrected chi connectivity index (χ4v) is 4.14. The Labute approximate surface area is 140 Å². The van der Waals surface area contributed by atoms with Gasteiger partial charge in [0, 0.05) is 13.1 Å². The maximum Gasteiger partial charge on any atom is 0.417 e. The van der Waals surface area contributed by atoms with Crippen molar-refractivity contribution in [3.8, 4) is 5.75 Å². The predicted octanol–water partition coefficient (Wildman–Crippen LogP) is 0.448. The zero-order chi connectivity index (χ0) is 17.2. The molecule has 0 aliphatic carbocycles. The number of amides is 2. The van der Waals surface area contributed by atoms with Gasteiger partial charge in [-0.2, -0.15) is 4.31 Å². The van der Waals surface area contributed by atoms with Gasteiger partial charge in [0.05, 0.1) is 18.4 Å². The predicted molar refractivity (Wildman–Crippen MR) is 83.9 cm³/mol. The molecule has 0 radical (unpaired) electrons. The Morgan fingerprint density at radius 3 is 2.50 bits per heavy atom. The van der Waals surface area contributed by atoms with Crippen LogP contribution in [-0.4, -0.2) is 67.7 Å². The Bertz CT molecular complexity index is 699. The lowest BCUT2D eigenvalue weighted by Gasteiger charge is -2.40. The van der Waals surface area contributed by atoms with Crippen LogP contribution in [0, 0.1) is 0 Å². The highest BCUT2D eigenvalue weighted by Gasteiger charge is 2.46. The molecule has 24 heavy (non-hydrogen) atoms. The molecule has 1 aromatic rings. The molecule has 2 saturated heterocycles. The number of sulfonamides is 1. The summed E-state index contributed by atoms with van der Waals surface area (Å²) in [7, 11) is -3.41. The highest BCUT2D eigenvalue weighted by atomic mass is 32.2. The average Bonchev–Trinajstić information content (AvgIpc) is 2.83. The van der Waals surface area contributed by atoms with Gasteiger partial charge in [-0.05, 0) is 18.6 Å². The molecule has 3 rings (SSSR count). The minimum absolute atomic E-state index is 0.0368. The third-order valence-corrected chi connectivity index (χ3v) is 5.82. The lowest BCUT2D eigenvalue weighted by atomic mass is 10.1. The Balaban J connectivity index is 1.42. The summed E-state index contributed by atoms with van der Waals surface area (Å²) in [5.74, 6) is 0.244. The summed E-state index contributed by atoms with van der Waals surface area (Å²) in [5, 5.41) is 0. The first-order valence-electron chi connectivity index (χ1n) is 7.62. The highest BCUT2D eigenvalue weighted by Crippen LogP contribution is 2.23. The lowest BCUT2D eigenvalue weighted by molar-refractivity contribution is -0.128. The Hall–Kier alpha value is -2.13. The number of hydrogen-bond donors (Lipinski definition) is 0. The van der Waals surface area contributed by atoms with E-state index in [-0.39, 0.29) is 25.4 Å². The van der Waals surface area contributed by atoms with Crippen LogP contribution in [0.4, 0.5) is 4.79 Å². The number of carbonyl (C=O) groups is 2. The first kappa shape index (κ1) is 16.7. The van der Waals surface area contributed by atoms with E-state index in [0.717, 1.165) is 4.90 Å². The van der Waals surface area contributed by atoms with E-state index in [1.165, 1.54) is 4.31 Å². The van der Waals surface area contributed by atoms with E-state index in [0.29, 0.717) is 18.8 Å². The number of rotatable bonds is 7. The van der Waals surface area contributed by atoms with Crippen LogP contribution in [0.25, 0.3) is 0 Å². The fraction of sp³-hybridized carbons (Fsp3) is 0.467. The Morgan fingerprint density at radius 1 is 1.17 bits per heavy atom. The maximum absolute atomic E-state index is 12.2. The van der Waals surface area contributed by atoms with Crippen molar-refractivity contribution in [2.24, 2.45) is 0 Å². The van der Waals surface area contributed by atoms with Crippen molar-refractivity contribution in [3.63, 3.8) is 0 Å². The van der Waals surface area contributed by atoms with Gasteiger partial charge < -0.3 is 9.47 Å². The second-order valence-electron chi connectivity index (χ2n) is 5.62. The highest BCUT2D eigenvalue weighted by molar-refractivity contribution is 7.89. The topological polar surface area (TPSA) is 93.2 Å². The van der Waals surface area contributed by atoms with Crippen molar-refractivity contribution < 1.29 is 27.5 Å². The monoisotopic (exact) mass is 354 g/mol. The van der Waals surface area contributed by atoms with Gasteiger partial charge in [-0.15, -0.1) is 0 Å². The van der Waals surface area contributed by atoms with Gasteiger partial charge in [-0.3, -0.25) is 4.79 Å². The summed E-state index contributed by atoms with van der Waals surface area (Å²) in [6.45, 7) is 0.293. The summed E-state index contributed by atoms with van der Waals surface area (Å²) in [6.07, 6.45) is -0.332. The number of para-hydroxylation sites is 1. The third-order valence-electron chi connectivity index (χ3n) is 3.93. The molecule has 2 amide bonds. The molecule has 9 heteroatoms. The van der Waals surface area contributed by atoms with Crippen molar-refractivity contribution in [3.05, 3.63) is 30.3 Å². The van der Waals surface area contributed by atoms with Crippen molar-refractivity contribution in [2.75, 3.05) is 32.1 Å². The Morgan fingerprint density at radius 2 is 1.88 bits per heavy atom. The molecule has 0 N–H and O–H groups in total. The molecular formula is C15H18N2O6S. The van der Waals surface area contributed by atoms with Gasteiger partial charge in [0.15, 0.2) is 6.61 Å². The number of cyclic esters (lactones) is 1. The number of hydrogen-bond acceptors (Lipinski definition) is 6. The molecule has 0 atom stereocenters. The van der Waals surface area contributed by atoms with Crippen molar-refractivity contribution in [2.45, 2.75) is 12.5 Å². The lowest BCUT2D eigenvalue weighted by Crippen LogP contribution is -2.62. The molecule has 8 nitrogen and oxygen atoms in total. The number of carbonyl (C=O) groups excluding carboxylic acids is 2. The average molecular weight is 354 g/mol. The molecule has 2 fully saturated rings. The summed E-state index contributed by atoms with van der Waals surface area (Å²) >= 11 is 0. The molecule has 2 aliphatic heterocycles. The first-order chi connectivity index (χ1) is 11.5. The second-order valence-corrected chi connectivity index (χ2v) is 7.71. The van der Waals surface area contributed by atoms with E-state index in [4.69, 9.17) is 4.74 Å². The minimum atomic E-state index is -3.41. The Kier molecular flexibility index (Phi) is 4.72. The summed E-state index contributed by atoms with van der Waals surface area (Å²) in [4.78, 5) is 23.9. The van der Waals surface area contributed by atoms with E-state index < -0.39 is 28.1 Å². The molecule has 0 bridgehead atoms. The fourth-order valence-electron chi connectivity index (χ4n) is 2.60. The van der Waals surface area contributed by atoms with Gasteiger partial charge in [-0.25, -0.2) is 18.1 Å².